The minimum absolute atomic E-state index is 0.150. The summed E-state index contributed by atoms with van der Waals surface area (Å²) in [4.78, 5) is 0. The van der Waals surface area contributed by atoms with E-state index >= 15 is 0 Å². The Morgan fingerprint density at radius 3 is 2.52 bits per heavy atom. The Morgan fingerprint density at radius 1 is 1.24 bits per heavy atom. The van der Waals surface area contributed by atoms with Gasteiger partial charge in [0.1, 0.15) is 5.82 Å². The van der Waals surface area contributed by atoms with E-state index in [-0.39, 0.29) is 6.42 Å². The fourth-order valence-corrected chi connectivity index (χ4v) is 3.32. The Hall–Kier alpha value is -0.620. The predicted molar refractivity (Wildman–Crippen MR) is 77.5 cm³/mol. The van der Waals surface area contributed by atoms with Gasteiger partial charge in [-0.15, -0.1) is 0 Å². The number of hydrogen-bond acceptors (Lipinski definition) is 1. The Bertz CT molecular complexity index is 489. The van der Waals surface area contributed by atoms with Gasteiger partial charge in [-0.05, 0) is 31.9 Å². The quantitative estimate of drug-likeness (QED) is 0.709. The molecule has 118 valence electrons. The second-order valence-corrected chi connectivity index (χ2v) is 6.51. The van der Waals surface area contributed by atoms with Crippen LogP contribution in [0.4, 0.5) is 17.6 Å². The van der Waals surface area contributed by atoms with Gasteiger partial charge < -0.3 is 5.32 Å². The van der Waals surface area contributed by atoms with Crippen LogP contribution in [-0.4, -0.2) is 12.2 Å². The normalized spacial score (nSPS) is 24.9. The van der Waals surface area contributed by atoms with Gasteiger partial charge in [0, 0.05) is 22.1 Å². The standard InChI is InChI=1S/C15H18BrF4N/c1-9(11-7-6-10(16)8-13(11)17)21-14-5-3-2-4-12(14)15(18,19)20/h6-9,12,14,21H,2-5H2,1H3. The Morgan fingerprint density at radius 2 is 1.90 bits per heavy atom. The van der Waals surface area contributed by atoms with Gasteiger partial charge in [0.25, 0.3) is 0 Å². The molecule has 0 radical (unpaired) electrons. The third-order valence-electron chi connectivity index (χ3n) is 4.08. The van der Waals surface area contributed by atoms with E-state index in [1.165, 1.54) is 6.07 Å². The molecule has 3 unspecified atom stereocenters. The first kappa shape index (κ1) is 16.7. The number of alkyl halides is 3. The van der Waals surface area contributed by atoms with Crippen LogP contribution in [0.5, 0.6) is 0 Å². The van der Waals surface area contributed by atoms with Crippen LogP contribution in [0.25, 0.3) is 0 Å². The summed E-state index contributed by atoms with van der Waals surface area (Å²) in [5, 5.41) is 2.98. The van der Waals surface area contributed by atoms with Crippen molar-refractivity contribution in [1.29, 1.82) is 0 Å². The van der Waals surface area contributed by atoms with Gasteiger partial charge in [0.2, 0.25) is 0 Å². The highest BCUT2D eigenvalue weighted by Gasteiger charge is 2.45. The van der Waals surface area contributed by atoms with Gasteiger partial charge in [0.05, 0.1) is 5.92 Å². The Kier molecular flexibility index (Phi) is 5.30. The van der Waals surface area contributed by atoms with Crippen LogP contribution in [0.15, 0.2) is 22.7 Å². The lowest BCUT2D eigenvalue weighted by Gasteiger charge is -2.35. The Labute approximate surface area is 130 Å². The van der Waals surface area contributed by atoms with Crippen LogP contribution in [0.1, 0.15) is 44.2 Å². The van der Waals surface area contributed by atoms with Gasteiger partial charge in [-0.2, -0.15) is 13.2 Å². The molecular weight excluding hydrogens is 350 g/mol. The molecule has 1 aliphatic rings. The number of rotatable bonds is 3. The van der Waals surface area contributed by atoms with Gasteiger partial charge in [0.15, 0.2) is 0 Å². The van der Waals surface area contributed by atoms with Crippen LogP contribution >= 0.6 is 15.9 Å². The molecule has 1 nitrogen and oxygen atoms in total. The van der Waals surface area contributed by atoms with E-state index in [0.717, 1.165) is 6.42 Å². The monoisotopic (exact) mass is 367 g/mol. The molecule has 0 spiro atoms. The molecule has 0 aromatic heterocycles. The highest BCUT2D eigenvalue weighted by Crippen LogP contribution is 2.38. The molecule has 1 N–H and O–H groups in total. The van der Waals surface area contributed by atoms with E-state index in [1.807, 2.05) is 0 Å². The molecule has 1 saturated carbocycles. The first-order chi connectivity index (χ1) is 9.79. The van der Waals surface area contributed by atoms with Crippen molar-refractivity contribution < 1.29 is 17.6 Å². The molecular formula is C15H18BrF4N. The average molecular weight is 368 g/mol. The molecule has 0 bridgehead atoms. The van der Waals surface area contributed by atoms with Crippen LogP contribution in [0.2, 0.25) is 0 Å². The zero-order chi connectivity index (χ0) is 15.6. The second kappa shape index (κ2) is 6.65. The molecule has 21 heavy (non-hydrogen) atoms. The highest BCUT2D eigenvalue weighted by molar-refractivity contribution is 9.10. The van der Waals surface area contributed by atoms with E-state index in [0.29, 0.717) is 22.9 Å². The summed E-state index contributed by atoms with van der Waals surface area (Å²) < 4.78 is 53.7. The van der Waals surface area contributed by atoms with Gasteiger partial charge in [-0.25, -0.2) is 4.39 Å². The van der Waals surface area contributed by atoms with E-state index in [1.54, 1.807) is 19.1 Å². The summed E-state index contributed by atoms with van der Waals surface area (Å²) in [6.07, 6.45) is -2.19. The van der Waals surface area contributed by atoms with Gasteiger partial charge in [-0.3, -0.25) is 0 Å². The van der Waals surface area contributed by atoms with Crippen molar-refractivity contribution in [3.63, 3.8) is 0 Å². The molecule has 3 atom stereocenters. The summed E-state index contributed by atoms with van der Waals surface area (Å²) in [5.74, 6) is -1.75. The van der Waals surface area contributed by atoms with Crippen molar-refractivity contribution >= 4 is 15.9 Å². The smallest absolute Gasteiger partial charge is 0.307 e. The Balaban J connectivity index is 2.11. The van der Waals surface area contributed by atoms with Crippen molar-refractivity contribution in [3.05, 3.63) is 34.1 Å². The highest BCUT2D eigenvalue weighted by atomic mass is 79.9. The summed E-state index contributed by atoms with van der Waals surface area (Å²) in [6, 6.07) is 3.53. The number of nitrogens with one attached hydrogen (secondary N) is 1. The fraction of sp³-hybridized carbons (Fsp3) is 0.600. The van der Waals surface area contributed by atoms with Crippen molar-refractivity contribution in [3.8, 4) is 0 Å². The van der Waals surface area contributed by atoms with Crippen molar-refractivity contribution in [2.75, 3.05) is 0 Å². The maximum absolute atomic E-state index is 13.9. The summed E-state index contributed by atoms with van der Waals surface area (Å²) in [5.41, 5.74) is 0.393. The first-order valence-electron chi connectivity index (χ1n) is 7.06. The molecule has 0 heterocycles. The maximum Gasteiger partial charge on any atom is 0.393 e. The van der Waals surface area contributed by atoms with Gasteiger partial charge in [-0.1, -0.05) is 34.8 Å². The molecule has 1 fully saturated rings. The van der Waals surface area contributed by atoms with E-state index in [2.05, 4.69) is 21.2 Å². The minimum atomic E-state index is -4.20. The third-order valence-corrected chi connectivity index (χ3v) is 4.57. The van der Waals surface area contributed by atoms with E-state index in [9.17, 15) is 17.6 Å². The summed E-state index contributed by atoms with van der Waals surface area (Å²) in [6.45, 7) is 1.70. The van der Waals surface area contributed by atoms with Crippen molar-refractivity contribution in [2.24, 2.45) is 5.92 Å². The molecule has 1 aromatic carbocycles. The predicted octanol–water partition coefficient (Wildman–Crippen LogP) is 5.36. The largest absolute Gasteiger partial charge is 0.393 e. The van der Waals surface area contributed by atoms with E-state index < -0.39 is 30.0 Å². The lowest BCUT2D eigenvalue weighted by Crippen LogP contribution is -2.46. The average Bonchev–Trinajstić information content (AvgIpc) is 2.37. The number of halogens is 5. The van der Waals surface area contributed by atoms with Crippen LogP contribution in [-0.2, 0) is 0 Å². The SMILES string of the molecule is CC(NC1CCCCC1C(F)(F)F)c1ccc(Br)cc1F. The van der Waals surface area contributed by atoms with Crippen molar-refractivity contribution in [2.45, 2.75) is 50.9 Å². The van der Waals surface area contributed by atoms with Crippen LogP contribution < -0.4 is 5.32 Å². The topological polar surface area (TPSA) is 12.0 Å². The molecule has 0 aliphatic heterocycles. The van der Waals surface area contributed by atoms with Crippen LogP contribution in [0.3, 0.4) is 0 Å². The maximum atomic E-state index is 13.9. The third kappa shape index (κ3) is 4.19. The molecule has 0 saturated heterocycles. The second-order valence-electron chi connectivity index (χ2n) is 5.59. The van der Waals surface area contributed by atoms with Crippen LogP contribution in [0, 0.1) is 11.7 Å². The molecule has 1 aliphatic carbocycles. The number of hydrogen-bond donors (Lipinski definition) is 1. The first-order valence-corrected chi connectivity index (χ1v) is 7.86. The fourth-order valence-electron chi connectivity index (χ4n) is 2.99. The lowest BCUT2D eigenvalue weighted by atomic mass is 9.83. The molecule has 0 amide bonds. The summed E-state index contributed by atoms with van der Waals surface area (Å²) >= 11 is 3.17. The van der Waals surface area contributed by atoms with E-state index in [4.69, 9.17) is 0 Å². The number of benzene rings is 1. The zero-order valence-electron chi connectivity index (χ0n) is 11.7. The summed E-state index contributed by atoms with van der Waals surface area (Å²) in [7, 11) is 0. The van der Waals surface area contributed by atoms with Crippen molar-refractivity contribution in [1.82, 2.24) is 5.32 Å². The molecule has 2 rings (SSSR count). The molecule has 6 heteroatoms. The zero-order valence-corrected chi connectivity index (χ0v) is 13.3. The lowest BCUT2D eigenvalue weighted by molar-refractivity contribution is -0.189. The minimum Gasteiger partial charge on any atom is -0.307 e. The molecule has 1 aromatic rings. The van der Waals surface area contributed by atoms with Gasteiger partial charge >= 0.3 is 6.18 Å².